The van der Waals surface area contributed by atoms with Gasteiger partial charge in [-0.05, 0) is 24.1 Å². The summed E-state index contributed by atoms with van der Waals surface area (Å²) in [6.45, 7) is 4.03. The van der Waals surface area contributed by atoms with Gasteiger partial charge < -0.3 is 9.47 Å². The molecule has 0 aromatic heterocycles. The topological polar surface area (TPSA) is 35.5 Å². The van der Waals surface area contributed by atoms with Crippen LogP contribution in [-0.2, 0) is 14.3 Å². The van der Waals surface area contributed by atoms with Crippen molar-refractivity contribution >= 4 is 21.9 Å². The van der Waals surface area contributed by atoms with E-state index in [0.717, 1.165) is 29.3 Å². The third kappa shape index (κ3) is 3.83. The second-order valence-corrected chi connectivity index (χ2v) is 6.33. The Morgan fingerprint density at radius 1 is 1.20 bits per heavy atom. The van der Waals surface area contributed by atoms with Crippen molar-refractivity contribution in [3.63, 3.8) is 0 Å². The van der Waals surface area contributed by atoms with Gasteiger partial charge in [0.1, 0.15) is 0 Å². The van der Waals surface area contributed by atoms with Crippen molar-refractivity contribution in [2.24, 2.45) is 0 Å². The quantitative estimate of drug-likeness (QED) is 0.553. The number of hydrogen-bond donors (Lipinski definition) is 0. The van der Waals surface area contributed by atoms with Crippen LogP contribution in [0.1, 0.15) is 57.6 Å². The summed E-state index contributed by atoms with van der Waals surface area (Å²) in [7, 11) is 0. The van der Waals surface area contributed by atoms with Crippen LogP contribution in [-0.4, -0.2) is 11.8 Å². The maximum Gasteiger partial charge on any atom is 0.342 e. The molecular weight excluding hydrogens is 320 g/mol. The van der Waals surface area contributed by atoms with Crippen LogP contribution >= 0.6 is 15.9 Å². The first-order valence-corrected chi connectivity index (χ1v) is 7.99. The Hall–Kier alpha value is -0.870. The molecule has 0 saturated carbocycles. The third-order valence-electron chi connectivity index (χ3n) is 3.55. The lowest BCUT2D eigenvalue weighted by Crippen LogP contribution is -2.25. The second-order valence-electron chi connectivity index (χ2n) is 5.42. The Morgan fingerprint density at radius 2 is 1.90 bits per heavy atom. The van der Waals surface area contributed by atoms with Crippen LogP contribution in [0.3, 0.4) is 0 Å². The number of rotatable bonds is 6. The zero-order valence-electron chi connectivity index (χ0n) is 12.0. The number of benzene rings is 1. The van der Waals surface area contributed by atoms with Gasteiger partial charge in [0, 0.05) is 17.8 Å². The Kier molecular flexibility index (Phi) is 5.22. The number of ether oxygens (including phenoxy) is 2. The van der Waals surface area contributed by atoms with Crippen LogP contribution < -0.4 is 0 Å². The minimum Gasteiger partial charge on any atom is -0.431 e. The first-order valence-electron chi connectivity index (χ1n) is 7.20. The van der Waals surface area contributed by atoms with E-state index >= 15 is 0 Å². The number of carbonyl (C=O) groups is 1. The van der Waals surface area contributed by atoms with E-state index in [1.165, 1.54) is 12.8 Å². The van der Waals surface area contributed by atoms with E-state index in [9.17, 15) is 4.79 Å². The van der Waals surface area contributed by atoms with Crippen molar-refractivity contribution in [1.82, 2.24) is 0 Å². The summed E-state index contributed by atoms with van der Waals surface area (Å²) in [5, 5.41) is 0. The molecule has 2 atom stereocenters. The summed E-state index contributed by atoms with van der Waals surface area (Å²) < 4.78 is 12.3. The van der Waals surface area contributed by atoms with Crippen LogP contribution in [0.2, 0.25) is 0 Å². The number of carbonyl (C=O) groups excluding carboxylic acids is 1. The van der Waals surface area contributed by atoms with Crippen LogP contribution in [0.5, 0.6) is 0 Å². The fourth-order valence-electron chi connectivity index (χ4n) is 2.41. The molecular formula is C16H21BrO3. The molecule has 2 rings (SSSR count). The number of hydrogen-bond acceptors (Lipinski definition) is 3. The molecule has 1 fully saturated rings. The highest BCUT2D eigenvalue weighted by atomic mass is 79.9. The molecule has 20 heavy (non-hydrogen) atoms. The molecule has 1 unspecified atom stereocenters. The number of cyclic esters (lactones) is 1. The number of unbranched alkanes of at least 4 members (excludes halogenated alkanes) is 3. The van der Waals surface area contributed by atoms with Crippen LogP contribution in [0.4, 0.5) is 0 Å². The first kappa shape index (κ1) is 15.5. The summed E-state index contributed by atoms with van der Waals surface area (Å²) in [5.74, 6) is -1.06. The van der Waals surface area contributed by atoms with E-state index in [0.29, 0.717) is 0 Å². The fraction of sp³-hybridized carbons (Fsp3) is 0.562. The maximum absolute atomic E-state index is 12.0. The molecule has 0 spiro atoms. The zero-order chi connectivity index (χ0) is 14.6. The average molecular weight is 341 g/mol. The molecule has 0 radical (unpaired) electrons. The van der Waals surface area contributed by atoms with Gasteiger partial charge in [-0.1, -0.05) is 54.2 Å². The van der Waals surface area contributed by atoms with Gasteiger partial charge in [-0.3, -0.25) is 0 Å². The smallest absolute Gasteiger partial charge is 0.342 e. The highest BCUT2D eigenvalue weighted by Gasteiger charge is 2.44. The van der Waals surface area contributed by atoms with E-state index in [1.807, 2.05) is 31.2 Å². The summed E-state index contributed by atoms with van der Waals surface area (Å²) in [5.41, 5.74) is 0.843. The lowest BCUT2D eigenvalue weighted by Gasteiger charge is -2.21. The number of esters is 1. The van der Waals surface area contributed by atoms with Gasteiger partial charge >= 0.3 is 5.97 Å². The Bertz CT molecular complexity index is 457. The normalized spacial score (nSPS) is 25.8. The highest BCUT2D eigenvalue weighted by molar-refractivity contribution is 9.10. The van der Waals surface area contributed by atoms with Crippen LogP contribution in [0, 0.1) is 0 Å². The molecule has 1 aromatic carbocycles. The first-order chi connectivity index (χ1) is 9.54. The molecule has 1 saturated heterocycles. The molecule has 3 nitrogen and oxygen atoms in total. The summed E-state index contributed by atoms with van der Waals surface area (Å²) in [6, 6.07) is 7.59. The second kappa shape index (κ2) is 6.72. The Balaban J connectivity index is 1.97. The van der Waals surface area contributed by atoms with Gasteiger partial charge in [0.05, 0.1) is 0 Å². The molecule has 0 bridgehead atoms. The molecule has 1 aliphatic heterocycles. The molecule has 0 N–H and O–H groups in total. The van der Waals surface area contributed by atoms with Gasteiger partial charge in [0.25, 0.3) is 0 Å². The van der Waals surface area contributed by atoms with Gasteiger partial charge in [-0.15, -0.1) is 0 Å². The average Bonchev–Trinajstić information content (AvgIpc) is 2.72. The number of halogens is 1. The molecule has 0 amide bonds. The van der Waals surface area contributed by atoms with E-state index in [1.54, 1.807) is 0 Å². The van der Waals surface area contributed by atoms with E-state index in [2.05, 4.69) is 22.9 Å². The SMILES string of the molecule is CCCCCC[C@@]1(C)OC(=O)C(c2ccc(Br)cc2)O1. The minimum atomic E-state index is -0.775. The fourth-order valence-corrected chi connectivity index (χ4v) is 2.68. The van der Waals surface area contributed by atoms with E-state index < -0.39 is 11.9 Å². The maximum atomic E-state index is 12.0. The van der Waals surface area contributed by atoms with Crippen molar-refractivity contribution in [2.75, 3.05) is 0 Å². The van der Waals surface area contributed by atoms with Crippen molar-refractivity contribution in [3.05, 3.63) is 34.3 Å². The van der Waals surface area contributed by atoms with Crippen molar-refractivity contribution in [3.8, 4) is 0 Å². The summed E-state index contributed by atoms with van der Waals surface area (Å²) >= 11 is 3.38. The Labute approximate surface area is 128 Å². The minimum absolute atomic E-state index is 0.287. The van der Waals surface area contributed by atoms with Crippen molar-refractivity contribution < 1.29 is 14.3 Å². The van der Waals surface area contributed by atoms with Gasteiger partial charge in [-0.2, -0.15) is 0 Å². The molecule has 4 heteroatoms. The Morgan fingerprint density at radius 3 is 2.55 bits per heavy atom. The summed E-state index contributed by atoms with van der Waals surface area (Å²) in [6.07, 6.45) is 4.73. The lowest BCUT2D eigenvalue weighted by atomic mass is 10.1. The van der Waals surface area contributed by atoms with E-state index in [-0.39, 0.29) is 5.97 Å². The molecule has 1 aromatic rings. The zero-order valence-corrected chi connectivity index (χ0v) is 13.6. The molecule has 110 valence electrons. The highest BCUT2D eigenvalue weighted by Crippen LogP contribution is 2.37. The molecule has 1 heterocycles. The van der Waals surface area contributed by atoms with Crippen LogP contribution in [0.15, 0.2) is 28.7 Å². The lowest BCUT2D eigenvalue weighted by molar-refractivity contribution is -0.172. The monoisotopic (exact) mass is 340 g/mol. The molecule has 1 aliphatic rings. The van der Waals surface area contributed by atoms with E-state index in [4.69, 9.17) is 9.47 Å². The van der Waals surface area contributed by atoms with Crippen LogP contribution in [0.25, 0.3) is 0 Å². The predicted molar refractivity (Wildman–Crippen MR) is 81.2 cm³/mol. The van der Waals surface area contributed by atoms with Gasteiger partial charge in [-0.25, -0.2) is 4.79 Å². The largest absolute Gasteiger partial charge is 0.431 e. The molecule has 0 aliphatic carbocycles. The summed E-state index contributed by atoms with van der Waals surface area (Å²) in [4.78, 5) is 12.0. The van der Waals surface area contributed by atoms with Gasteiger partial charge in [0.2, 0.25) is 5.79 Å². The predicted octanol–water partition coefficient (Wildman–Crippen LogP) is 4.75. The standard InChI is InChI=1S/C16H21BrO3/c1-3-4-5-6-11-16(2)19-14(15(18)20-16)12-7-9-13(17)10-8-12/h7-10,14H,3-6,11H2,1-2H3/t14?,16-/m1/s1. The van der Waals surface area contributed by atoms with Crippen molar-refractivity contribution in [2.45, 2.75) is 57.8 Å². The van der Waals surface area contributed by atoms with Gasteiger partial charge in [0.15, 0.2) is 6.10 Å². The third-order valence-corrected chi connectivity index (χ3v) is 4.08. The van der Waals surface area contributed by atoms with Crippen molar-refractivity contribution in [1.29, 1.82) is 0 Å².